The Morgan fingerprint density at radius 2 is 1.89 bits per heavy atom. The molecule has 3 aliphatic heterocycles. The number of carbonyl (C=O) groups is 2. The van der Waals surface area contributed by atoms with Gasteiger partial charge in [-0.15, -0.1) is 0 Å². The average Bonchev–Trinajstić information content (AvgIpc) is 3.09. The van der Waals surface area contributed by atoms with Gasteiger partial charge < -0.3 is 14.7 Å². The van der Waals surface area contributed by atoms with Crippen LogP contribution in [0, 0.1) is 0 Å². The molecular weight excluding hydrogens is 380 g/mol. The number of urea groups is 1. The zero-order valence-electron chi connectivity index (χ0n) is 16.1. The van der Waals surface area contributed by atoms with E-state index in [9.17, 15) is 9.59 Å². The van der Waals surface area contributed by atoms with Gasteiger partial charge in [-0.3, -0.25) is 15.0 Å². The Morgan fingerprint density at radius 1 is 1.18 bits per heavy atom. The fourth-order valence-corrected chi connectivity index (χ4v) is 4.28. The maximum atomic E-state index is 12.4. The van der Waals surface area contributed by atoms with Crippen LogP contribution < -0.4 is 5.32 Å². The predicted octanol–water partition coefficient (Wildman–Crippen LogP) is 1.03. The Hall–Kier alpha value is -2.32. The Labute approximate surface area is 169 Å². The molecule has 0 aromatic heterocycles. The molecule has 2 unspecified atom stereocenters. The Morgan fingerprint density at radius 3 is 2.57 bits per heavy atom. The smallest absolute Gasteiger partial charge is 0.325 e. The van der Waals surface area contributed by atoms with Crippen molar-refractivity contribution in [1.82, 2.24) is 24.9 Å². The largest absolute Gasteiger partial charge is 0.340 e. The van der Waals surface area contributed by atoms with Gasteiger partial charge >= 0.3 is 6.03 Å². The number of imide groups is 1. The molecule has 8 nitrogen and oxygen atoms in total. The number of halogens is 1. The summed E-state index contributed by atoms with van der Waals surface area (Å²) in [5.74, 6) is 0.539. The quantitative estimate of drug-likeness (QED) is 0.814. The third-order valence-electron chi connectivity index (χ3n) is 5.69. The lowest BCUT2D eigenvalue weighted by Crippen LogP contribution is -2.64. The van der Waals surface area contributed by atoms with E-state index < -0.39 is 18.2 Å². The molecule has 0 aliphatic carbocycles. The fraction of sp³-hybridized carbons (Fsp3) is 0.526. The molecule has 3 amide bonds. The SMILES string of the molecule is CCN1C(N2CCN(Cc3ccccc3Cl)CC2)=NC2C1C(=O)NC(=O)N2C. The molecule has 4 rings (SSSR count). The van der Waals surface area contributed by atoms with E-state index in [1.54, 1.807) is 7.05 Å². The number of likely N-dealkylation sites (N-methyl/N-ethyl adjacent to an activating group) is 2. The summed E-state index contributed by atoms with van der Waals surface area (Å²) < 4.78 is 0. The minimum atomic E-state index is -0.461. The van der Waals surface area contributed by atoms with Crippen LogP contribution in [0.5, 0.6) is 0 Å². The first-order valence-corrected chi connectivity index (χ1v) is 10.00. The van der Waals surface area contributed by atoms with Crippen LogP contribution in [0.15, 0.2) is 29.3 Å². The summed E-state index contributed by atoms with van der Waals surface area (Å²) in [7, 11) is 1.68. The van der Waals surface area contributed by atoms with E-state index in [1.807, 2.05) is 30.0 Å². The number of aliphatic imine (C=N–C) groups is 1. The van der Waals surface area contributed by atoms with Crippen molar-refractivity contribution >= 4 is 29.5 Å². The Bertz CT molecular complexity index is 807. The van der Waals surface area contributed by atoms with E-state index in [0.29, 0.717) is 6.54 Å². The van der Waals surface area contributed by atoms with Gasteiger partial charge in [-0.2, -0.15) is 0 Å². The van der Waals surface area contributed by atoms with E-state index >= 15 is 0 Å². The summed E-state index contributed by atoms with van der Waals surface area (Å²) >= 11 is 6.29. The molecule has 150 valence electrons. The van der Waals surface area contributed by atoms with Gasteiger partial charge in [0, 0.05) is 51.3 Å². The molecule has 3 heterocycles. The van der Waals surface area contributed by atoms with Gasteiger partial charge in [-0.25, -0.2) is 9.79 Å². The van der Waals surface area contributed by atoms with Crippen molar-refractivity contribution in [2.75, 3.05) is 39.8 Å². The number of carbonyl (C=O) groups excluding carboxylic acids is 2. The predicted molar refractivity (Wildman–Crippen MR) is 107 cm³/mol. The number of hydrogen-bond acceptors (Lipinski definition) is 6. The second kappa shape index (κ2) is 7.60. The molecule has 9 heteroatoms. The molecule has 3 aliphatic rings. The van der Waals surface area contributed by atoms with Crippen LogP contribution >= 0.6 is 11.6 Å². The highest BCUT2D eigenvalue weighted by atomic mass is 35.5. The number of amides is 3. The van der Waals surface area contributed by atoms with Crippen LogP contribution in [0.1, 0.15) is 12.5 Å². The topological polar surface area (TPSA) is 71.5 Å². The molecule has 1 N–H and O–H groups in total. The van der Waals surface area contributed by atoms with Crippen molar-refractivity contribution < 1.29 is 9.59 Å². The van der Waals surface area contributed by atoms with Crippen LogP contribution in [-0.4, -0.2) is 89.5 Å². The number of fused-ring (bicyclic) bond motifs is 1. The highest BCUT2D eigenvalue weighted by molar-refractivity contribution is 6.31. The minimum absolute atomic E-state index is 0.272. The highest BCUT2D eigenvalue weighted by Crippen LogP contribution is 2.26. The number of nitrogens with one attached hydrogen (secondary N) is 1. The molecule has 0 radical (unpaired) electrons. The zero-order valence-corrected chi connectivity index (χ0v) is 16.9. The Balaban J connectivity index is 1.44. The summed E-state index contributed by atoms with van der Waals surface area (Å²) in [6.45, 7) is 6.90. The second-order valence-electron chi connectivity index (χ2n) is 7.33. The average molecular weight is 405 g/mol. The van der Waals surface area contributed by atoms with Crippen molar-refractivity contribution in [2.24, 2.45) is 4.99 Å². The highest BCUT2D eigenvalue weighted by Gasteiger charge is 2.49. The van der Waals surface area contributed by atoms with Crippen LogP contribution in [0.2, 0.25) is 5.02 Å². The van der Waals surface area contributed by atoms with Crippen LogP contribution in [0.4, 0.5) is 4.79 Å². The van der Waals surface area contributed by atoms with Crippen LogP contribution in [-0.2, 0) is 11.3 Å². The first kappa shape index (κ1) is 19.0. The van der Waals surface area contributed by atoms with Gasteiger partial charge in [0.05, 0.1) is 0 Å². The molecule has 1 aromatic rings. The number of piperazine rings is 1. The first-order chi connectivity index (χ1) is 13.5. The zero-order chi connectivity index (χ0) is 19.8. The molecule has 1 aromatic carbocycles. The maximum absolute atomic E-state index is 12.4. The molecule has 0 saturated carbocycles. The van der Waals surface area contributed by atoms with Crippen LogP contribution in [0.25, 0.3) is 0 Å². The number of benzene rings is 1. The normalized spacial score (nSPS) is 25.7. The fourth-order valence-electron chi connectivity index (χ4n) is 4.09. The lowest BCUT2D eigenvalue weighted by atomic mass is 10.1. The van der Waals surface area contributed by atoms with Gasteiger partial charge in [0.2, 0.25) is 0 Å². The van der Waals surface area contributed by atoms with Gasteiger partial charge in [-0.1, -0.05) is 29.8 Å². The molecular formula is C19H25ClN6O2. The third kappa shape index (κ3) is 3.31. The van der Waals surface area contributed by atoms with Crippen LogP contribution in [0.3, 0.4) is 0 Å². The monoisotopic (exact) mass is 404 g/mol. The third-order valence-corrected chi connectivity index (χ3v) is 6.06. The summed E-state index contributed by atoms with van der Waals surface area (Å²) in [6.07, 6.45) is -0.461. The summed E-state index contributed by atoms with van der Waals surface area (Å²) in [6, 6.07) is 7.09. The molecule has 2 fully saturated rings. The summed E-state index contributed by atoms with van der Waals surface area (Å²) in [4.78, 5) is 37.2. The van der Waals surface area contributed by atoms with Gasteiger partial charge in [0.15, 0.2) is 18.2 Å². The Kier molecular flexibility index (Phi) is 5.16. The van der Waals surface area contributed by atoms with E-state index in [0.717, 1.165) is 49.3 Å². The van der Waals surface area contributed by atoms with Gasteiger partial charge in [-0.05, 0) is 18.6 Å². The van der Waals surface area contributed by atoms with E-state index in [2.05, 4.69) is 21.2 Å². The molecule has 0 bridgehead atoms. The van der Waals surface area contributed by atoms with Crippen molar-refractivity contribution in [3.63, 3.8) is 0 Å². The minimum Gasteiger partial charge on any atom is -0.340 e. The second-order valence-corrected chi connectivity index (χ2v) is 7.74. The number of rotatable bonds is 3. The number of guanidine groups is 1. The van der Waals surface area contributed by atoms with Crippen molar-refractivity contribution in [2.45, 2.75) is 25.7 Å². The first-order valence-electron chi connectivity index (χ1n) is 9.62. The molecule has 0 spiro atoms. The lowest BCUT2D eigenvalue weighted by molar-refractivity contribution is -0.127. The maximum Gasteiger partial charge on any atom is 0.325 e. The van der Waals surface area contributed by atoms with Crippen molar-refractivity contribution in [1.29, 1.82) is 0 Å². The lowest BCUT2D eigenvalue weighted by Gasteiger charge is -2.40. The summed E-state index contributed by atoms with van der Waals surface area (Å²) in [5, 5.41) is 3.22. The molecule has 2 atom stereocenters. The van der Waals surface area contributed by atoms with Crippen molar-refractivity contribution in [3.05, 3.63) is 34.9 Å². The van der Waals surface area contributed by atoms with Gasteiger partial charge in [0.25, 0.3) is 5.91 Å². The van der Waals surface area contributed by atoms with Crippen molar-refractivity contribution in [3.8, 4) is 0 Å². The molecule has 28 heavy (non-hydrogen) atoms. The van der Waals surface area contributed by atoms with E-state index in [4.69, 9.17) is 16.6 Å². The number of nitrogens with zero attached hydrogens (tertiary/aromatic N) is 5. The summed E-state index contributed by atoms with van der Waals surface area (Å²) in [5.41, 5.74) is 1.13. The standard InChI is InChI=1S/C19H25ClN6O2/c1-3-26-15-16(23(2)19(28)22-17(15)27)21-18(26)25-10-8-24(9-11-25)12-13-6-4-5-7-14(13)20/h4-7,15-16H,3,8-12H2,1-2H3,(H,22,27,28). The van der Waals surface area contributed by atoms with E-state index in [1.165, 1.54) is 4.90 Å². The number of hydrogen-bond donors (Lipinski definition) is 1. The van der Waals surface area contributed by atoms with Gasteiger partial charge in [0.1, 0.15) is 0 Å². The van der Waals surface area contributed by atoms with E-state index in [-0.39, 0.29) is 5.91 Å². The molecule has 2 saturated heterocycles.